The van der Waals surface area contributed by atoms with Crippen LogP contribution in [0.25, 0.3) is 11.0 Å². The summed E-state index contributed by atoms with van der Waals surface area (Å²) in [5.74, 6) is 1.63. The number of imidazole rings is 1. The predicted molar refractivity (Wildman–Crippen MR) is 145 cm³/mol. The molecule has 0 bridgehead atoms. The molecule has 10 nitrogen and oxygen atoms in total. The van der Waals surface area contributed by atoms with Crippen molar-refractivity contribution < 1.29 is 8.42 Å². The van der Waals surface area contributed by atoms with E-state index in [4.69, 9.17) is 21.4 Å². The van der Waals surface area contributed by atoms with Crippen molar-refractivity contribution in [3.05, 3.63) is 54.4 Å². The standard InChI is InChI=1S/C26H32N8O2S/c27-24-31-25(28)34(26(32-24)14-4-1-5-15-26)19-8-10-20(11-9-19)37(35,36)33-16-12-18(13-17-33)23-29-21-6-2-3-7-22(21)30-23/h2-3,6-11,18H,1,4-5,12-17H2,(H,29,30)(H4,27,28,31,32). The molecule has 1 aliphatic carbocycles. The Morgan fingerprint density at radius 2 is 1.65 bits per heavy atom. The zero-order valence-corrected chi connectivity index (χ0v) is 21.5. The van der Waals surface area contributed by atoms with Crippen LogP contribution in [-0.2, 0) is 10.0 Å². The van der Waals surface area contributed by atoms with E-state index in [9.17, 15) is 8.42 Å². The lowest BCUT2D eigenvalue weighted by atomic mass is 9.87. The first-order valence-corrected chi connectivity index (χ1v) is 14.3. The number of aliphatic imine (C=N–C) groups is 2. The highest BCUT2D eigenvalue weighted by Gasteiger charge is 2.42. The Balaban J connectivity index is 1.19. The molecule has 37 heavy (non-hydrogen) atoms. The number of hydrogen-bond acceptors (Lipinski definition) is 8. The van der Waals surface area contributed by atoms with Crippen molar-refractivity contribution in [2.45, 2.75) is 61.4 Å². The number of hydrogen-bond donors (Lipinski definition) is 3. The van der Waals surface area contributed by atoms with Crippen molar-refractivity contribution >= 4 is 38.7 Å². The maximum Gasteiger partial charge on any atom is 0.243 e. The van der Waals surface area contributed by atoms with Gasteiger partial charge in [-0.1, -0.05) is 18.6 Å². The van der Waals surface area contributed by atoms with Crippen LogP contribution in [0.1, 0.15) is 56.7 Å². The molecule has 2 aromatic carbocycles. The number of para-hydroxylation sites is 2. The minimum Gasteiger partial charge on any atom is -0.369 e. The van der Waals surface area contributed by atoms with E-state index in [-0.39, 0.29) is 22.7 Å². The molecule has 3 aromatic rings. The summed E-state index contributed by atoms with van der Waals surface area (Å²) < 4.78 is 28.5. The van der Waals surface area contributed by atoms with Crippen LogP contribution in [-0.4, -0.2) is 53.4 Å². The molecule has 0 unspecified atom stereocenters. The number of piperidine rings is 1. The first-order chi connectivity index (χ1) is 17.9. The molecule has 1 saturated carbocycles. The number of benzene rings is 2. The van der Waals surface area contributed by atoms with E-state index in [1.54, 1.807) is 28.6 Å². The van der Waals surface area contributed by atoms with E-state index >= 15 is 0 Å². The molecule has 3 heterocycles. The summed E-state index contributed by atoms with van der Waals surface area (Å²) in [5, 5.41) is 0. The number of nitrogens with zero attached hydrogens (tertiary/aromatic N) is 5. The van der Waals surface area contributed by atoms with Gasteiger partial charge < -0.3 is 16.5 Å². The van der Waals surface area contributed by atoms with Gasteiger partial charge in [-0.05, 0) is 74.9 Å². The van der Waals surface area contributed by atoms with Gasteiger partial charge in [0.1, 0.15) is 11.5 Å². The topological polar surface area (TPSA) is 146 Å². The third-order valence-electron chi connectivity index (χ3n) is 7.83. The molecule has 0 amide bonds. The highest BCUT2D eigenvalue weighted by molar-refractivity contribution is 7.89. The number of guanidine groups is 2. The molecule has 1 spiro atoms. The lowest BCUT2D eigenvalue weighted by Gasteiger charge is -2.45. The molecule has 0 radical (unpaired) electrons. The summed E-state index contributed by atoms with van der Waals surface area (Å²) in [6.45, 7) is 0.906. The number of anilines is 1. The summed E-state index contributed by atoms with van der Waals surface area (Å²) in [4.78, 5) is 19.2. The number of aromatic nitrogens is 2. The molecule has 3 aliphatic rings. The molecule has 1 saturated heterocycles. The summed E-state index contributed by atoms with van der Waals surface area (Å²) in [6, 6.07) is 14.8. The van der Waals surface area contributed by atoms with E-state index in [0.29, 0.717) is 13.1 Å². The van der Waals surface area contributed by atoms with Gasteiger partial charge in [0.25, 0.3) is 0 Å². The summed E-state index contributed by atoms with van der Waals surface area (Å²) in [6.07, 6.45) is 6.29. The molecule has 2 fully saturated rings. The summed E-state index contributed by atoms with van der Waals surface area (Å²) >= 11 is 0. The fourth-order valence-electron chi connectivity index (χ4n) is 5.95. The minimum atomic E-state index is -3.62. The quantitative estimate of drug-likeness (QED) is 0.481. The summed E-state index contributed by atoms with van der Waals surface area (Å²) in [7, 11) is -3.62. The molecule has 11 heteroatoms. The lowest BCUT2D eigenvalue weighted by molar-refractivity contribution is 0.305. The fourth-order valence-corrected chi connectivity index (χ4v) is 7.42. The van der Waals surface area contributed by atoms with Crippen LogP contribution < -0.4 is 16.4 Å². The predicted octanol–water partition coefficient (Wildman–Crippen LogP) is 3.24. The Labute approximate surface area is 216 Å². The number of nitrogens with one attached hydrogen (secondary N) is 1. The maximum absolute atomic E-state index is 13.5. The van der Waals surface area contributed by atoms with E-state index in [1.807, 2.05) is 29.2 Å². The van der Waals surface area contributed by atoms with Crippen LogP contribution in [0.15, 0.2) is 63.4 Å². The van der Waals surface area contributed by atoms with Gasteiger partial charge in [-0.2, -0.15) is 9.30 Å². The molecule has 1 aromatic heterocycles. The molecule has 6 rings (SSSR count). The Kier molecular flexibility index (Phi) is 5.91. The van der Waals surface area contributed by atoms with E-state index < -0.39 is 15.7 Å². The fraction of sp³-hybridized carbons (Fsp3) is 0.423. The van der Waals surface area contributed by atoms with Crippen LogP contribution in [0.3, 0.4) is 0 Å². The van der Waals surface area contributed by atoms with Crippen molar-refractivity contribution in [2.24, 2.45) is 21.5 Å². The Hall–Kier alpha value is -3.44. The number of H-pyrrole nitrogens is 1. The second-order valence-corrected chi connectivity index (χ2v) is 12.1. The molecular formula is C26H32N8O2S. The highest BCUT2D eigenvalue weighted by Crippen LogP contribution is 2.40. The van der Waals surface area contributed by atoms with E-state index in [1.165, 1.54) is 0 Å². The van der Waals surface area contributed by atoms with Crippen molar-refractivity contribution in [2.75, 3.05) is 18.0 Å². The molecule has 5 N–H and O–H groups in total. The van der Waals surface area contributed by atoms with Crippen LogP contribution in [0.4, 0.5) is 5.69 Å². The third kappa shape index (κ3) is 4.25. The minimum absolute atomic E-state index is 0.195. The van der Waals surface area contributed by atoms with Crippen molar-refractivity contribution in [1.29, 1.82) is 0 Å². The zero-order chi connectivity index (χ0) is 25.6. The lowest BCUT2D eigenvalue weighted by Crippen LogP contribution is -2.58. The largest absolute Gasteiger partial charge is 0.369 e. The maximum atomic E-state index is 13.5. The number of sulfonamides is 1. The second-order valence-electron chi connectivity index (χ2n) is 10.1. The van der Waals surface area contributed by atoms with Crippen molar-refractivity contribution in [1.82, 2.24) is 14.3 Å². The highest BCUT2D eigenvalue weighted by atomic mass is 32.2. The molecule has 2 aliphatic heterocycles. The molecule has 0 atom stereocenters. The number of fused-ring (bicyclic) bond motifs is 1. The van der Waals surface area contributed by atoms with Gasteiger partial charge in [0, 0.05) is 24.7 Å². The van der Waals surface area contributed by atoms with Gasteiger partial charge in [-0.25, -0.2) is 18.4 Å². The van der Waals surface area contributed by atoms with Gasteiger partial charge in [0.2, 0.25) is 21.9 Å². The smallest absolute Gasteiger partial charge is 0.243 e. The van der Waals surface area contributed by atoms with Gasteiger partial charge in [0.05, 0.1) is 15.9 Å². The molecule has 194 valence electrons. The van der Waals surface area contributed by atoms with Crippen LogP contribution in [0.5, 0.6) is 0 Å². The van der Waals surface area contributed by atoms with Crippen molar-refractivity contribution in [3.63, 3.8) is 0 Å². The van der Waals surface area contributed by atoms with Crippen LogP contribution in [0.2, 0.25) is 0 Å². The van der Waals surface area contributed by atoms with Gasteiger partial charge >= 0.3 is 0 Å². The van der Waals surface area contributed by atoms with Crippen molar-refractivity contribution in [3.8, 4) is 0 Å². The third-order valence-corrected chi connectivity index (χ3v) is 9.75. The number of nitrogens with two attached hydrogens (primary N) is 2. The molecular weight excluding hydrogens is 488 g/mol. The van der Waals surface area contributed by atoms with Crippen LogP contribution in [0, 0.1) is 0 Å². The van der Waals surface area contributed by atoms with Crippen LogP contribution >= 0.6 is 0 Å². The van der Waals surface area contributed by atoms with Gasteiger partial charge in [0.15, 0.2) is 0 Å². The van der Waals surface area contributed by atoms with E-state index in [0.717, 1.165) is 67.5 Å². The Bertz CT molecular complexity index is 1430. The average molecular weight is 521 g/mol. The summed E-state index contributed by atoms with van der Waals surface area (Å²) in [5.41, 5.74) is 14.4. The monoisotopic (exact) mass is 520 g/mol. The number of aromatic amines is 1. The average Bonchev–Trinajstić information content (AvgIpc) is 3.33. The van der Waals surface area contributed by atoms with Gasteiger partial charge in [-0.3, -0.25) is 4.90 Å². The Morgan fingerprint density at radius 1 is 0.946 bits per heavy atom. The first kappa shape index (κ1) is 23.9. The second kappa shape index (κ2) is 9.14. The SMILES string of the molecule is NC1=NC2(CCCCC2)N(c2ccc(S(=O)(=O)N3CCC(c4nc5ccccc5[nH]4)CC3)cc2)C(N)=N1. The normalized spacial score (nSPS) is 21.2. The number of rotatable bonds is 4. The Morgan fingerprint density at radius 3 is 2.35 bits per heavy atom. The van der Waals surface area contributed by atoms with Gasteiger partial charge in [-0.15, -0.1) is 0 Å². The zero-order valence-electron chi connectivity index (χ0n) is 20.7. The van der Waals surface area contributed by atoms with E-state index in [2.05, 4.69) is 9.98 Å². The first-order valence-electron chi connectivity index (χ1n) is 12.9.